The number of benzene rings is 1. The molecular weight excluding hydrogens is 206 g/mol. The van der Waals surface area contributed by atoms with Crippen LogP contribution >= 0.6 is 0 Å². The molecule has 1 unspecified atom stereocenters. The van der Waals surface area contributed by atoms with E-state index in [0.29, 0.717) is 24.7 Å². The van der Waals surface area contributed by atoms with Gasteiger partial charge in [0.15, 0.2) is 11.5 Å². The lowest BCUT2D eigenvalue weighted by molar-refractivity contribution is 0.261. The molecule has 3 N–H and O–H groups in total. The second-order valence-electron chi connectivity index (χ2n) is 3.43. The summed E-state index contributed by atoms with van der Waals surface area (Å²) < 4.78 is 10.8. The summed E-state index contributed by atoms with van der Waals surface area (Å²) in [4.78, 5) is 0. The molecule has 0 aliphatic rings. The minimum absolute atomic E-state index is 0.00242. The van der Waals surface area contributed by atoms with Crippen molar-refractivity contribution in [1.82, 2.24) is 0 Å². The van der Waals surface area contributed by atoms with Gasteiger partial charge in [0.25, 0.3) is 0 Å². The van der Waals surface area contributed by atoms with E-state index in [4.69, 9.17) is 15.2 Å². The molecule has 1 rings (SSSR count). The Morgan fingerprint density at radius 2 is 2.19 bits per heavy atom. The van der Waals surface area contributed by atoms with E-state index in [1.165, 1.54) is 0 Å². The van der Waals surface area contributed by atoms with Crippen LogP contribution < -0.4 is 15.2 Å². The van der Waals surface area contributed by atoms with Crippen LogP contribution in [0.4, 0.5) is 0 Å². The van der Waals surface area contributed by atoms with Crippen molar-refractivity contribution in [1.29, 1.82) is 0 Å². The van der Waals surface area contributed by atoms with Gasteiger partial charge in [0.05, 0.1) is 20.3 Å². The highest BCUT2D eigenvalue weighted by Crippen LogP contribution is 2.35. The number of ether oxygens (including phenoxy) is 2. The van der Waals surface area contributed by atoms with E-state index in [-0.39, 0.29) is 12.5 Å². The normalized spacial score (nSPS) is 12.2. The minimum Gasteiger partial charge on any atom is -0.493 e. The second-order valence-corrected chi connectivity index (χ2v) is 3.43. The molecule has 0 spiro atoms. The number of aliphatic hydroxyl groups excluding tert-OH is 1. The van der Waals surface area contributed by atoms with Crippen LogP contribution in [0, 0.1) is 0 Å². The molecule has 0 bridgehead atoms. The van der Waals surface area contributed by atoms with E-state index in [1.807, 2.05) is 25.1 Å². The highest BCUT2D eigenvalue weighted by atomic mass is 16.5. The Morgan fingerprint density at radius 1 is 1.44 bits per heavy atom. The molecule has 0 fully saturated rings. The summed E-state index contributed by atoms with van der Waals surface area (Å²) in [6.07, 6.45) is 0. The molecule has 0 aliphatic carbocycles. The third-order valence-corrected chi connectivity index (χ3v) is 2.46. The minimum atomic E-state index is -0.115. The molecule has 4 heteroatoms. The van der Waals surface area contributed by atoms with Crippen LogP contribution in [0.25, 0.3) is 0 Å². The summed E-state index contributed by atoms with van der Waals surface area (Å²) in [6.45, 7) is 2.87. The zero-order chi connectivity index (χ0) is 12.0. The Kier molecular flexibility index (Phi) is 5.08. The van der Waals surface area contributed by atoms with Crippen LogP contribution in [0.3, 0.4) is 0 Å². The Balaban J connectivity index is 3.11. The van der Waals surface area contributed by atoms with E-state index >= 15 is 0 Å². The third-order valence-electron chi connectivity index (χ3n) is 2.46. The van der Waals surface area contributed by atoms with Crippen LogP contribution in [0.5, 0.6) is 11.5 Å². The maximum atomic E-state index is 9.24. The molecule has 0 aliphatic heterocycles. The first-order valence-corrected chi connectivity index (χ1v) is 5.39. The highest BCUT2D eigenvalue weighted by Gasteiger charge is 2.17. The van der Waals surface area contributed by atoms with Gasteiger partial charge in [0, 0.05) is 18.0 Å². The van der Waals surface area contributed by atoms with Crippen molar-refractivity contribution in [3.05, 3.63) is 23.8 Å². The largest absolute Gasteiger partial charge is 0.493 e. The first kappa shape index (κ1) is 12.8. The van der Waals surface area contributed by atoms with Crippen molar-refractivity contribution in [3.8, 4) is 11.5 Å². The highest BCUT2D eigenvalue weighted by molar-refractivity contribution is 5.48. The van der Waals surface area contributed by atoms with Gasteiger partial charge in [-0.1, -0.05) is 12.1 Å². The van der Waals surface area contributed by atoms with Gasteiger partial charge in [0.2, 0.25) is 0 Å². The molecule has 0 aromatic heterocycles. The number of methoxy groups -OCH3 is 1. The van der Waals surface area contributed by atoms with E-state index in [1.54, 1.807) is 7.11 Å². The lowest BCUT2D eigenvalue weighted by Crippen LogP contribution is -2.17. The molecule has 4 nitrogen and oxygen atoms in total. The quantitative estimate of drug-likeness (QED) is 0.761. The third kappa shape index (κ3) is 2.65. The van der Waals surface area contributed by atoms with E-state index in [2.05, 4.69) is 0 Å². The van der Waals surface area contributed by atoms with Crippen LogP contribution in [-0.4, -0.2) is 32.0 Å². The van der Waals surface area contributed by atoms with Crippen molar-refractivity contribution in [3.63, 3.8) is 0 Å². The summed E-state index contributed by atoms with van der Waals surface area (Å²) in [5.74, 6) is 1.23. The molecule has 1 aromatic carbocycles. The van der Waals surface area contributed by atoms with Gasteiger partial charge in [-0.3, -0.25) is 0 Å². The van der Waals surface area contributed by atoms with Crippen molar-refractivity contribution in [2.24, 2.45) is 5.73 Å². The predicted molar refractivity (Wildman–Crippen MR) is 63.0 cm³/mol. The molecule has 90 valence electrons. The van der Waals surface area contributed by atoms with Gasteiger partial charge in [-0.2, -0.15) is 0 Å². The molecule has 0 heterocycles. The molecule has 16 heavy (non-hydrogen) atoms. The lowest BCUT2D eigenvalue weighted by Gasteiger charge is -2.18. The summed E-state index contributed by atoms with van der Waals surface area (Å²) in [5.41, 5.74) is 6.49. The Labute approximate surface area is 96.0 Å². The Bertz CT molecular complexity index is 324. The van der Waals surface area contributed by atoms with Crippen LogP contribution in [-0.2, 0) is 0 Å². The molecule has 1 atom stereocenters. The fourth-order valence-corrected chi connectivity index (χ4v) is 1.64. The smallest absolute Gasteiger partial charge is 0.164 e. The maximum absolute atomic E-state index is 9.24. The number of para-hydroxylation sites is 1. The zero-order valence-corrected chi connectivity index (χ0v) is 9.77. The molecule has 0 saturated carbocycles. The van der Waals surface area contributed by atoms with Gasteiger partial charge in [-0.25, -0.2) is 0 Å². The first-order chi connectivity index (χ1) is 7.78. The van der Waals surface area contributed by atoms with Crippen molar-refractivity contribution in [2.45, 2.75) is 12.8 Å². The zero-order valence-electron chi connectivity index (χ0n) is 9.77. The molecular formula is C12H19NO3. The first-order valence-electron chi connectivity index (χ1n) is 5.39. The average molecular weight is 225 g/mol. The summed E-state index contributed by atoms with van der Waals surface area (Å²) in [6, 6.07) is 5.62. The number of hydrogen-bond donors (Lipinski definition) is 2. The average Bonchev–Trinajstić information content (AvgIpc) is 2.31. The molecule has 1 aromatic rings. The van der Waals surface area contributed by atoms with Gasteiger partial charge in [-0.05, 0) is 13.0 Å². The van der Waals surface area contributed by atoms with Crippen LogP contribution in [0.1, 0.15) is 18.4 Å². The number of aliphatic hydroxyl groups is 1. The summed E-state index contributed by atoms with van der Waals surface area (Å²) in [5, 5.41) is 9.24. The monoisotopic (exact) mass is 225 g/mol. The van der Waals surface area contributed by atoms with Crippen molar-refractivity contribution in [2.75, 3.05) is 26.9 Å². The molecule has 0 radical (unpaired) electrons. The SMILES string of the molecule is CCOc1cccc(C(CN)CO)c1OC. The van der Waals surface area contributed by atoms with Crippen LogP contribution in [0.15, 0.2) is 18.2 Å². The Morgan fingerprint density at radius 3 is 2.69 bits per heavy atom. The Hall–Kier alpha value is -1.26. The topological polar surface area (TPSA) is 64.7 Å². The fraction of sp³-hybridized carbons (Fsp3) is 0.500. The van der Waals surface area contributed by atoms with Gasteiger partial charge < -0.3 is 20.3 Å². The maximum Gasteiger partial charge on any atom is 0.164 e. The van der Waals surface area contributed by atoms with Crippen molar-refractivity contribution >= 4 is 0 Å². The predicted octanol–water partition coefficient (Wildman–Crippen LogP) is 1.13. The summed E-state index contributed by atoms with van der Waals surface area (Å²) >= 11 is 0. The van der Waals surface area contributed by atoms with Gasteiger partial charge in [0.1, 0.15) is 0 Å². The summed E-state index contributed by atoms with van der Waals surface area (Å²) in [7, 11) is 1.59. The molecule has 0 saturated heterocycles. The molecule has 0 amide bonds. The standard InChI is InChI=1S/C12H19NO3/c1-3-16-11-6-4-5-10(12(11)15-2)9(7-13)8-14/h4-6,9,14H,3,7-8,13H2,1-2H3. The fourth-order valence-electron chi connectivity index (χ4n) is 1.64. The van der Waals surface area contributed by atoms with Gasteiger partial charge in [-0.15, -0.1) is 0 Å². The van der Waals surface area contributed by atoms with E-state index in [9.17, 15) is 5.11 Å². The second kappa shape index (κ2) is 6.35. The van der Waals surface area contributed by atoms with Gasteiger partial charge >= 0.3 is 0 Å². The van der Waals surface area contributed by atoms with E-state index < -0.39 is 0 Å². The number of rotatable bonds is 6. The lowest BCUT2D eigenvalue weighted by atomic mass is 9.98. The van der Waals surface area contributed by atoms with Crippen LogP contribution in [0.2, 0.25) is 0 Å². The van der Waals surface area contributed by atoms with E-state index in [0.717, 1.165) is 5.56 Å². The number of nitrogens with two attached hydrogens (primary N) is 1. The number of hydrogen-bond acceptors (Lipinski definition) is 4. The van der Waals surface area contributed by atoms with Crippen molar-refractivity contribution < 1.29 is 14.6 Å².